The van der Waals surface area contributed by atoms with Crippen LogP contribution in [0.15, 0.2) is 18.2 Å². The van der Waals surface area contributed by atoms with Crippen molar-refractivity contribution in [3.8, 4) is 0 Å². The average Bonchev–Trinajstić information content (AvgIpc) is 2.65. The molecule has 7 heteroatoms. The number of carbonyl (C=O) groups excluding carboxylic acids is 2. The van der Waals surface area contributed by atoms with Gasteiger partial charge in [-0.2, -0.15) is 0 Å². The van der Waals surface area contributed by atoms with Crippen molar-refractivity contribution in [3.05, 3.63) is 29.8 Å². The Kier molecular flexibility index (Phi) is 4.62. The number of hydrogen-bond acceptors (Lipinski definition) is 3. The Morgan fingerprint density at radius 3 is 2.50 bits per heavy atom. The third-order valence-corrected chi connectivity index (χ3v) is 2.94. The van der Waals surface area contributed by atoms with Gasteiger partial charge < -0.3 is 15.5 Å². The highest BCUT2D eigenvalue weighted by Crippen LogP contribution is 2.13. The van der Waals surface area contributed by atoms with E-state index < -0.39 is 23.4 Å². The molecule has 2 amide bonds. The summed E-state index contributed by atoms with van der Waals surface area (Å²) in [7, 11) is 0. The van der Waals surface area contributed by atoms with Crippen LogP contribution < -0.4 is 10.6 Å². The number of benzene rings is 1. The maximum Gasteiger partial charge on any atom is 0.313 e. The maximum atomic E-state index is 13.0. The molecule has 108 valence electrons. The van der Waals surface area contributed by atoms with Gasteiger partial charge in [0.25, 0.3) is 0 Å². The van der Waals surface area contributed by atoms with Gasteiger partial charge in [-0.1, -0.05) is 0 Å². The number of rotatable bonds is 1. The van der Waals surface area contributed by atoms with Crippen LogP contribution in [-0.4, -0.2) is 42.9 Å². The average molecular weight is 283 g/mol. The molecule has 0 aromatic heterocycles. The topological polar surface area (TPSA) is 61.4 Å². The van der Waals surface area contributed by atoms with E-state index in [9.17, 15) is 18.4 Å². The zero-order valence-corrected chi connectivity index (χ0v) is 10.8. The zero-order valence-electron chi connectivity index (χ0n) is 10.8. The summed E-state index contributed by atoms with van der Waals surface area (Å²) in [4.78, 5) is 25.1. The van der Waals surface area contributed by atoms with E-state index in [1.54, 1.807) is 0 Å². The fourth-order valence-electron chi connectivity index (χ4n) is 2.00. The molecule has 1 aromatic rings. The molecule has 1 heterocycles. The molecule has 2 N–H and O–H groups in total. The van der Waals surface area contributed by atoms with Crippen LogP contribution >= 0.6 is 0 Å². The minimum absolute atomic E-state index is 0.0752. The number of amides is 2. The summed E-state index contributed by atoms with van der Waals surface area (Å²) in [5, 5.41) is 5.32. The number of hydrogen-bond donors (Lipinski definition) is 2. The minimum Gasteiger partial charge on any atom is -0.333 e. The van der Waals surface area contributed by atoms with Crippen molar-refractivity contribution >= 4 is 17.5 Å². The Labute approximate surface area is 114 Å². The van der Waals surface area contributed by atoms with Gasteiger partial charge in [-0.25, -0.2) is 8.78 Å². The van der Waals surface area contributed by atoms with Crippen LogP contribution in [0.2, 0.25) is 0 Å². The number of anilines is 1. The minimum atomic E-state index is -0.892. The van der Waals surface area contributed by atoms with Gasteiger partial charge in [-0.05, 0) is 25.1 Å². The molecule has 0 bridgehead atoms. The van der Waals surface area contributed by atoms with E-state index in [0.29, 0.717) is 25.7 Å². The lowest BCUT2D eigenvalue weighted by Gasteiger charge is -2.19. The van der Waals surface area contributed by atoms with Gasteiger partial charge in [-0.15, -0.1) is 0 Å². The first-order chi connectivity index (χ1) is 9.56. The summed E-state index contributed by atoms with van der Waals surface area (Å²) in [5.41, 5.74) is -0.0752. The largest absolute Gasteiger partial charge is 0.333 e. The standard InChI is InChI=1S/C13H15F2N3O2/c14-9-6-10(15)8-11(7-9)17-12(19)13(20)18-4-1-2-16-3-5-18/h6-8,16H,1-5H2,(H,17,19). The summed E-state index contributed by atoms with van der Waals surface area (Å²) < 4.78 is 26.0. The molecule has 0 atom stereocenters. The Bertz CT molecular complexity index is 494. The highest BCUT2D eigenvalue weighted by Gasteiger charge is 2.22. The second-order valence-electron chi connectivity index (χ2n) is 4.51. The smallest absolute Gasteiger partial charge is 0.313 e. The first-order valence-electron chi connectivity index (χ1n) is 6.33. The van der Waals surface area contributed by atoms with Crippen LogP contribution in [0.5, 0.6) is 0 Å². The predicted octanol–water partition coefficient (Wildman–Crippen LogP) is 0.725. The third kappa shape index (κ3) is 3.74. The van der Waals surface area contributed by atoms with Gasteiger partial charge >= 0.3 is 11.8 Å². The van der Waals surface area contributed by atoms with Gasteiger partial charge in [0.2, 0.25) is 0 Å². The van der Waals surface area contributed by atoms with Gasteiger partial charge in [0.1, 0.15) is 11.6 Å². The second kappa shape index (κ2) is 6.42. The van der Waals surface area contributed by atoms with E-state index in [-0.39, 0.29) is 5.69 Å². The van der Waals surface area contributed by atoms with Gasteiger partial charge in [-0.3, -0.25) is 9.59 Å². The van der Waals surface area contributed by atoms with E-state index in [1.165, 1.54) is 4.90 Å². The molecule has 0 radical (unpaired) electrons. The fourth-order valence-corrected chi connectivity index (χ4v) is 2.00. The van der Waals surface area contributed by atoms with Crippen molar-refractivity contribution in [2.24, 2.45) is 0 Å². The monoisotopic (exact) mass is 283 g/mol. The lowest BCUT2D eigenvalue weighted by molar-refractivity contribution is -0.143. The first kappa shape index (κ1) is 14.4. The lowest BCUT2D eigenvalue weighted by atomic mass is 10.3. The Balaban J connectivity index is 2.01. The highest BCUT2D eigenvalue weighted by atomic mass is 19.1. The van der Waals surface area contributed by atoms with Crippen molar-refractivity contribution in [3.63, 3.8) is 0 Å². The molecule has 1 aromatic carbocycles. The van der Waals surface area contributed by atoms with Crippen molar-refractivity contribution in [2.75, 3.05) is 31.5 Å². The Morgan fingerprint density at radius 2 is 1.80 bits per heavy atom. The van der Waals surface area contributed by atoms with Crippen LogP contribution in [0, 0.1) is 11.6 Å². The number of halogens is 2. The SMILES string of the molecule is O=C(Nc1cc(F)cc(F)c1)C(=O)N1CCCNCC1. The lowest BCUT2D eigenvalue weighted by Crippen LogP contribution is -2.41. The van der Waals surface area contributed by atoms with Gasteiger partial charge in [0, 0.05) is 31.4 Å². The highest BCUT2D eigenvalue weighted by molar-refractivity contribution is 6.39. The normalized spacial score (nSPS) is 15.6. The van der Waals surface area contributed by atoms with Crippen LogP contribution in [0.4, 0.5) is 14.5 Å². The predicted molar refractivity (Wildman–Crippen MR) is 69.1 cm³/mol. The first-order valence-corrected chi connectivity index (χ1v) is 6.33. The van der Waals surface area contributed by atoms with E-state index in [0.717, 1.165) is 25.1 Å². The molecule has 5 nitrogen and oxygen atoms in total. The second-order valence-corrected chi connectivity index (χ2v) is 4.51. The van der Waals surface area contributed by atoms with Gasteiger partial charge in [0.05, 0.1) is 0 Å². The number of carbonyl (C=O) groups is 2. The quantitative estimate of drug-likeness (QED) is 0.747. The Hall–Kier alpha value is -2.02. The number of nitrogens with one attached hydrogen (secondary N) is 2. The third-order valence-electron chi connectivity index (χ3n) is 2.94. The van der Waals surface area contributed by atoms with E-state index in [2.05, 4.69) is 10.6 Å². The summed E-state index contributed by atoms with van der Waals surface area (Å²) >= 11 is 0. The fraction of sp³-hybridized carbons (Fsp3) is 0.385. The Morgan fingerprint density at radius 1 is 1.10 bits per heavy atom. The molecule has 0 saturated carbocycles. The molecule has 1 fully saturated rings. The van der Waals surface area contributed by atoms with Crippen LogP contribution in [0.3, 0.4) is 0 Å². The molecular weight excluding hydrogens is 268 g/mol. The van der Waals surface area contributed by atoms with E-state index in [1.807, 2.05) is 0 Å². The summed E-state index contributed by atoms with van der Waals surface area (Å²) in [6, 6.07) is 2.61. The van der Waals surface area contributed by atoms with Crippen LogP contribution in [0.1, 0.15) is 6.42 Å². The van der Waals surface area contributed by atoms with E-state index >= 15 is 0 Å². The maximum absolute atomic E-state index is 13.0. The molecule has 1 aliphatic rings. The molecule has 0 unspecified atom stereocenters. The zero-order chi connectivity index (χ0) is 14.5. The molecule has 20 heavy (non-hydrogen) atoms. The summed E-state index contributed by atoms with van der Waals surface area (Å²) in [5.74, 6) is -3.21. The van der Waals surface area contributed by atoms with Crippen molar-refractivity contribution in [2.45, 2.75) is 6.42 Å². The number of nitrogens with zero attached hydrogens (tertiary/aromatic N) is 1. The molecule has 0 spiro atoms. The van der Waals surface area contributed by atoms with Crippen LogP contribution in [-0.2, 0) is 9.59 Å². The van der Waals surface area contributed by atoms with E-state index in [4.69, 9.17) is 0 Å². The molecule has 1 aliphatic heterocycles. The molecule has 1 saturated heterocycles. The van der Waals surface area contributed by atoms with Crippen molar-refractivity contribution < 1.29 is 18.4 Å². The van der Waals surface area contributed by atoms with Crippen molar-refractivity contribution in [1.82, 2.24) is 10.2 Å². The molecular formula is C13H15F2N3O2. The summed E-state index contributed by atoms with van der Waals surface area (Å²) in [6.45, 7) is 2.33. The van der Waals surface area contributed by atoms with Gasteiger partial charge in [0.15, 0.2) is 0 Å². The van der Waals surface area contributed by atoms with Crippen LogP contribution in [0.25, 0.3) is 0 Å². The summed E-state index contributed by atoms with van der Waals surface area (Å²) in [6.07, 6.45) is 0.758. The van der Waals surface area contributed by atoms with Crippen molar-refractivity contribution in [1.29, 1.82) is 0 Å². The molecule has 2 rings (SSSR count). The molecule has 0 aliphatic carbocycles.